The smallest absolute Gasteiger partial charge is 0.274 e. The van der Waals surface area contributed by atoms with Crippen LogP contribution in [0.5, 0.6) is 0 Å². The Kier molecular flexibility index (Phi) is 3.81. The Hall–Kier alpha value is -1.33. The van der Waals surface area contributed by atoms with Crippen LogP contribution in [0.2, 0.25) is 5.02 Å². The zero-order chi connectivity index (χ0) is 14.1. The van der Waals surface area contributed by atoms with Gasteiger partial charge in [0.15, 0.2) is 0 Å². The predicted molar refractivity (Wildman–Crippen MR) is 78.8 cm³/mol. The van der Waals surface area contributed by atoms with Crippen LogP contribution >= 0.6 is 11.6 Å². The summed E-state index contributed by atoms with van der Waals surface area (Å²) in [5.41, 5.74) is 5.91. The fourth-order valence-corrected chi connectivity index (χ4v) is 3.27. The zero-order valence-electron chi connectivity index (χ0n) is 11.4. The van der Waals surface area contributed by atoms with Gasteiger partial charge in [-0.15, -0.1) is 0 Å². The van der Waals surface area contributed by atoms with Gasteiger partial charge in [0.05, 0.1) is 5.02 Å². The average Bonchev–Trinajstić information content (AvgIpc) is 3.10. The van der Waals surface area contributed by atoms with Gasteiger partial charge < -0.3 is 10.6 Å². The zero-order valence-corrected chi connectivity index (χ0v) is 12.1. The second-order valence-corrected chi connectivity index (χ2v) is 5.91. The van der Waals surface area contributed by atoms with Gasteiger partial charge in [-0.05, 0) is 44.5 Å². The molecule has 0 radical (unpaired) electrons. The first-order chi connectivity index (χ1) is 9.65. The quantitative estimate of drug-likeness (QED) is 0.900. The maximum Gasteiger partial charge on any atom is 0.274 e. The lowest BCUT2D eigenvalue weighted by Crippen LogP contribution is -2.37. The molecule has 1 unspecified atom stereocenters. The average molecular weight is 295 g/mol. The van der Waals surface area contributed by atoms with E-state index in [0.717, 1.165) is 32.6 Å². The molecule has 2 saturated heterocycles. The van der Waals surface area contributed by atoms with Crippen molar-refractivity contribution >= 4 is 23.3 Å². The van der Waals surface area contributed by atoms with E-state index < -0.39 is 0 Å². The fourth-order valence-electron chi connectivity index (χ4n) is 3.09. The number of amides is 1. The standard InChI is InChI=1S/C14H19ClN4O/c15-11-3-4-12(16)17-13(11)14(20)19-8-5-10(9-19)18-6-1-2-7-18/h3-4,10H,1-2,5-9H2,(H2,16,17). The third-order valence-corrected chi connectivity index (χ3v) is 4.48. The normalized spacial score (nSPS) is 23.4. The van der Waals surface area contributed by atoms with Crippen LogP contribution in [0.15, 0.2) is 12.1 Å². The third kappa shape index (κ3) is 2.60. The molecule has 0 aromatic carbocycles. The number of pyridine rings is 1. The van der Waals surface area contributed by atoms with Crippen LogP contribution in [0.3, 0.4) is 0 Å². The minimum atomic E-state index is -0.107. The molecule has 2 aliphatic heterocycles. The maximum atomic E-state index is 12.5. The van der Waals surface area contributed by atoms with E-state index in [1.165, 1.54) is 12.8 Å². The first-order valence-corrected chi connectivity index (χ1v) is 7.48. The lowest BCUT2D eigenvalue weighted by molar-refractivity contribution is 0.0774. The number of carbonyl (C=O) groups excluding carboxylic acids is 1. The molecular formula is C14H19ClN4O. The van der Waals surface area contributed by atoms with E-state index in [4.69, 9.17) is 17.3 Å². The number of aromatic nitrogens is 1. The number of anilines is 1. The van der Waals surface area contributed by atoms with Crippen LogP contribution in [-0.4, -0.2) is 52.9 Å². The molecule has 0 saturated carbocycles. The van der Waals surface area contributed by atoms with Gasteiger partial charge >= 0.3 is 0 Å². The number of halogens is 1. The molecule has 1 atom stereocenters. The van der Waals surface area contributed by atoms with Gasteiger partial charge in [0.2, 0.25) is 0 Å². The molecule has 3 rings (SSSR count). The number of nitrogen functional groups attached to an aromatic ring is 1. The van der Waals surface area contributed by atoms with Crippen molar-refractivity contribution in [3.8, 4) is 0 Å². The molecule has 1 aromatic heterocycles. The lowest BCUT2D eigenvalue weighted by atomic mass is 10.2. The molecule has 2 N–H and O–H groups in total. The van der Waals surface area contributed by atoms with E-state index in [0.29, 0.717) is 16.9 Å². The van der Waals surface area contributed by atoms with Gasteiger partial charge in [0.25, 0.3) is 5.91 Å². The molecule has 0 aliphatic carbocycles. The maximum absolute atomic E-state index is 12.5. The Bertz CT molecular complexity index is 516. The van der Waals surface area contributed by atoms with E-state index in [1.54, 1.807) is 12.1 Å². The summed E-state index contributed by atoms with van der Waals surface area (Å²) in [6.07, 6.45) is 3.58. The summed E-state index contributed by atoms with van der Waals surface area (Å²) in [4.78, 5) is 20.9. The van der Waals surface area contributed by atoms with Crippen molar-refractivity contribution in [2.24, 2.45) is 0 Å². The molecule has 3 heterocycles. The summed E-state index contributed by atoms with van der Waals surface area (Å²) in [5, 5.41) is 0.369. The Morgan fingerprint density at radius 3 is 2.80 bits per heavy atom. The summed E-state index contributed by atoms with van der Waals surface area (Å²) >= 11 is 6.06. The summed E-state index contributed by atoms with van der Waals surface area (Å²) in [7, 11) is 0. The first-order valence-electron chi connectivity index (χ1n) is 7.10. The van der Waals surface area contributed by atoms with Crippen molar-refractivity contribution in [1.82, 2.24) is 14.8 Å². The summed E-state index contributed by atoms with van der Waals surface area (Å²) < 4.78 is 0. The largest absolute Gasteiger partial charge is 0.384 e. The molecule has 108 valence electrons. The van der Waals surface area contributed by atoms with Crippen LogP contribution in [-0.2, 0) is 0 Å². The molecule has 0 spiro atoms. The highest BCUT2D eigenvalue weighted by Crippen LogP contribution is 2.23. The molecule has 2 fully saturated rings. The highest BCUT2D eigenvalue weighted by Gasteiger charge is 2.33. The molecule has 2 aliphatic rings. The minimum absolute atomic E-state index is 0.107. The topological polar surface area (TPSA) is 62.5 Å². The van der Waals surface area contributed by atoms with E-state index in [2.05, 4.69) is 9.88 Å². The van der Waals surface area contributed by atoms with Crippen molar-refractivity contribution in [1.29, 1.82) is 0 Å². The van der Waals surface area contributed by atoms with Crippen LogP contribution in [0.4, 0.5) is 5.82 Å². The van der Waals surface area contributed by atoms with Crippen LogP contribution in [0.25, 0.3) is 0 Å². The Balaban J connectivity index is 1.70. The first kappa shape index (κ1) is 13.6. The summed E-state index contributed by atoms with van der Waals surface area (Å²) in [5.74, 6) is 0.219. The van der Waals surface area contributed by atoms with Gasteiger partial charge in [-0.2, -0.15) is 0 Å². The Labute approximate surface area is 123 Å². The second kappa shape index (κ2) is 5.58. The molecule has 1 aromatic rings. The number of rotatable bonds is 2. The summed E-state index contributed by atoms with van der Waals surface area (Å²) in [6, 6.07) is 3.72. The Morgan fingerprint density at radius 1 is 1.30 bits per heavy atom. The van der Waals surface area contributed by atoms with Crippen molar-refractivity contribution in [2.75, 3.05) is 31.9 Å². The van der Waals surface area contributed by atoms with Crippen molar-refractivity contribution < 1.29 is 4.79 Å². The van der Waals surface area contributed by atoms with Crippen LogP contribution in [0.1, 0.15) is 29.8 Å². The number of hydrogen-bond donors (Lipinski definition) is 1. The monoisotopic (exact) mass is 294 g/mol. The van der Waals surface area contributed by atoms with Gasteiger partial charge in [0.1, 0.15) is 11.5 Å². The van der Waals surface area contributed by atoms with Gasteiger partial charge in [-0.3, -0.25) is 9.69 Å². The molecule has 5 nitrogen and oxygen atoms in total. The third-order valence-electron chi connectivity index (χ3n) is 4.18. The van der Waals surface area contributed by atoms with E-state index >= 15 is 0 Å². The SMILES string of the molecule is Nc1ccc(Cl)c(C(=O)N2CCC(N3CCCC3)C2)n1. The van der Waals surface area contributed by atoms with Crippen molar-refractivity contribution in [2.45, 2.75) is 25.3 Å². The molecule has 6 heteroatoms. The molecular weight excluding hydrogens is 276 g/mol. The van der Waals surface area contributed by atoms with Gasteiger partial charge in [0, 0.05) is 19.1 Å². The number of likely N-dealkylation sites (tertiary alicyclic amines) is 2. The van der Waals surface area contributed by atoms with Gasteiger partial charge in [-0.25, -0.2) is 4.98 Å². The second-order valence-electron chi connectivity index (χ2n) is 5.50. The number of hydrogen-bond acceptors (Lipinski definition) is 4. The highest BCUT2D eigenvalue weighted by molar-refractivity contribution is 6.33. The highest BCUT2D eigenvalue weighted by atomic mass is 35.5. The van der Waals surface area contributed by atoms with Crippen LogP contribution in [0, 0.1) is 0 Å². The lowest BCUT2D eigenvalue weighted by Gasteiger charge is -2.23. The number of nitrogens with zero attached hydrogens (tertiary/aromatic N) is 3. The predicted octanol–water partition coefficient (Wildman–Crippen LogP) is 1.63. The molecule has 20 heavy (non-hydrogen) atoms. The molecule has 1 amide bonds. The van der Waals surface area contributed by atoms with E-state index in [-0.39, 0.29) is 11.6 Å². The van der Waals surface area contributed by atoms with Crippen LogP contribution < -0.4 is 5.73 Å². The summed E-state index contributed by atoms with van der Waals surface area (Å²) in [6.45, 7) is 3.85. The molecule has 0 bridgehead atoms. The Morgan fingerprint density at radius 2 is 2.05 bits per heavy atom. The van der Waals surface area contributed by atoms with Gasteiger partial charge in [-0.1, -0.05) is 11.6 Å². The van der Waals surface area contributed by atoms with Crippen molar-refractivity contribution in [3.63, 3.8) is 0 Å². The number of nitrogens with two attached hydrogens (primary N) is 1. The van der Waals surface area contributed by atoms with E-state index in [9.17, 15) is 4.79 Å². The van der Waals surface area contributed by atoms with Crippen molar-refractivity contribution in [3.05, 3.63) is 22.8 Å². The minimum Gasteiger partial charge on any atom is -0.384 e. The fraction of sp³-hybridized carbons (Fsp3) is 0.571. The number of carbonyl (C=O) groups is 1. The van der Waals surface area contributed by atoms with E-state index in [1.807, 2.05) is 4.90 Å².